The van der Waals surface area contributed by atoms with E-state index in [0.717, 1.165) is 15.9 Å². The minimum Gasteiger partial charge on any atom is -0.405 e. The van der Waals surface area contributed by atoms with Crippen molar-refractivity contribution in [2.45, 2.75) is 61.0 Å². The van der Waals surface area contributed by atoms with Crippen molar-refractivity contribution in [3.05, 3.63) is 214 Å². The van der Waals surface area contributed by atoms with Crippen molar-refractivity contribution in [3.8, 4) is 50.6 Å². The number of imide groups is 2. The Balaban J connectivity index is 0.000000229. The Morgan fingerprint density at radius 3 is 1.12 bits per heavy atom. The number of nitrogens with two attached hydrogens (primary N) is 1. The van der Waals surface area contributed by atoms with Gasteiger partial charge in [-0.15, -0.1) is 39.5 Å². The highest BCUT2D eigenvalue weighted by Crippen LogP contribution is 2.39. The number of carbonyl (C=O) groups excluding carboxylic acids is 4. The molecule has 25 heteroatoms. The number of alkyl halides is 9. The average molecular weight is 1200 g/mol. The minimum atomic E-state index is -4.86. The number of nitrogens with zero attached hydrogens (tertiary/aromatic N) is 5. The molecule has 0 fully saturated rings. The number of aromatic nitrogens is 3. The number of para-hydroxylation sites is 3. The molecule has 14 nitrogen and oxygen atoms in total. The second-order valence-corrected chi connectivity index (χ2v) is 17.6. The first kappa shape index (κ1) is 64.8. The molecule has 8 aromatic rings. The van der Waals surface area contributed by atoms with Gasteiger partial charge in [-0.1, -0.05) is 124 Å². The average Bonchev–Trinajstić information content (AvgIpc) is 3.42. The highest BCUT2D eigenvalue weighted by molar-refractivity contribution is 6.32. The monoisotopic (exact) mass is 1200 g/mol. The molecule has 0 saturated heterocycles. The molecule has 0 aliphatic carbocycles. The summed E-state index contributed by atoms with van der Waals surface area (Å²) in [6.07, 6.45) is -13.3. The van der Waals surface area contributed by atoms with Crippen LogP contribution in [0.1, 0.15) is 80.8 Å². The number of pyridine rings is 3. The molecule has 5 aromatic carbocycles. The molecule has 0 bridgehead atoms. The van der Waals surface area contributed by atoms with Crippen LogP contribution in [0.2, 0.25) is 10.3 Å². The number of rotatable bonds is 11. The third kappa shape index (κ3) is 15.5. The van der Waals surface area contributed by atoms with Crippen molar-refractivity contribution >= 4 is 46.8 Å². The predicted octanol–water partition coefficient (Wildman–Crippen LogP) is 14.3. The number of carbonyl (C=O) groups is 4. The summed E-state index contributed by atoms with van der Waals surface area (Å²) in [5.41, 5.74) is 8.93. The van der Waals surface area contributed by atoms with Crippen molar-refractivity contribution < 1.29 is 82.8 Å². The molecule has 4 amide bonds. The second-order valence-electron chi connectivity index (χ2n) is 16.9. The van der Waals surface area contributed by atoms with Crippen molar-refractivity contribution in [2.75, 3.05) is 0 Å². The van der Waals surface area contributed by atoms with Crippen molar-refractivity contribution in [1.82, 2.24) is 19.8 Å². The number of halogens is 11. The summed E-state index contributed by atoms with van der Waals surface area (Å²) in [7, 11) is 0. The van der Waals surface area contributed by atoms with Crippen LogP contribution >= 0.6 is 23.2 Å². The van der Waals surface area contributed by atoms with Gasteiger partial charge >= 0.3 is 19.1 Å². The summed E-state index contributed by atoms with van der Waals surface area (Å²) in [6.45, 7) is -0.127. The van der Waals surface area contributed by atoms with Crippen LogP contribution in [-0.2, 0) is 19.6 Å². The van der Waals surface area contributed by atoms with Gasteiger partial charge in [0.05, 0.1) is 45.7 Å². The summed E-state index contributed by atoms with van der Waals surface area (Å²) in [5, 5.41) is 10.3. The molecule has 5 heterocycles. The lowest BCUT2D eigenvalue weighted by Crippen LogP contribution is -2.40. The first-order valence-electron chi connectivity index (χ1n) is 23.1. The van der Waals surface area contributed by atoms with Crippen LogP contribution in [0.5, 0.6) is 17.2 Å². The third-order valence-corrected chi connectivity index (χ3v) is 12.2. The van der Waals surface area contributed by atoms with E-state index in [1.807, 2.05) is 0 Å². The minimum absolute atomic E-state index is 0. The Labute approximate surface area is 478 Å². The molecule has 434 valence electrons. The van der Waals surface area contributed by atoms with Gasteiger partial charge in [-0.05, 0) is 72.8 Å². The number of fused-ring (bicyclic) bond motifs is 2. The molecule has 0 saturated carbocycles. The van der Waals surface area contributed by atoms with Crippen LogP contribution in [0.25, 0.3) is 33.4 Å². The van der Waals surface area contributed by atoms with Gasteiger partial charge in [0.2, 0.25) is 6.20 Å². The van der Waals surface area contributed by atoms with Gasteiger partial charge in [0.25, 0.3) is 29.3 Å². The fraction of sp³-hybridized carbons (Fsp3) is 0.155. The van der Waals surface area contributed by atoms with Gasteiger partial charge < -0.3 is 19.9 Å². The van der Waals surface area contributed by atoms with Gasteiger partial charge in [0.1, 0.15) is 34.1 Å². The molecule has 0 unspecified atom stereocenters. The highest BCUT2D eigenvalue weighted by atomic mass is 35.5. The highest BCUT2D eigenvalue weighted by Gasteiger charge is 2.39. The van der Waals surface area contributed by atoms with E-state index in [4.69, 9.17) is 28.9 Å². The first-order valence-corrected chi connectivity index (χ1v) is 23.9. The van der Waals surface area contributed by atoms with Crippen molar-refractivity contribution in [1.29, 1.82) is 0 Å². The van der Waals surface area contributed by atoms with E-state index in [1.54, 1.807) is 72.8 Å². The van der Waals surface area contributed by atoms with Gasteiger partial charge in [-0.2, -0.15) is 0 Å². The summed E-state index contributed by atoms with van der Waals surface area (Å²) in [5.74, 6) is -3.01. The Hall–Kier alpha value is -9.06. The number of ether oxygens (including phenoxy) is 3. The lowest BCUT2D eigenvalue weighted by atomic mass is 10.1. The van der Waals surface area contributed by atoms with E-state index < -0.39 is 54.2 Å². The standard InChI is InChI=1S/C21H12ClF3N2O3.C21H14F3N2O4.C13H10ClF3N2O.3CH4/c22-18-14(13-5-3-4-8-17(13)30-21(23,24)25)10-9-12(26-18)11-27-19(28)15-6-1-2-7-16(15)20(27)29;22-21(23,24)30-18-8-4-3-5-15(18)13-9-10-14(26(29)11-13)12-25-19(27)16-6-1-2-7-17(16)20(25)28;14-12-10(6-5-8(7-18)19-12)9-3-1-2-4-11(9)20-13(15,16)17;;;/h1-10H,11H2;1-11,29H,12H2;1-6H,7,18H2;3*1H4/q;+1;;;;. The quantitative estimate of drug-likeness (QED) is 0.0414. The fourth-order valence-electron chi connectivity index (χ4n) is 8.17. The van der Waals surface area contributed by atoms with Gasteiger partial charge in [0.15, 0.2) is 0 Å². The Morgan fingerprint density at radius 1 is 0.434 bits per heavy atom. The lowest BCUT2D eigenvalue weighted by molar-refractivity contribution is -0.909. The summed E-state index contributed by atoms with van der Waals surface area (Å²) < 4.78 is 126. The van der Waals surface area contributed by atoms with Crippen molar-refractivity contribution in [2.24, 2.45) is 5.73 Å². The zero-order valence-electron chi connectivity index (χ0n) is 40.5. The van der Waals surface area contributed by atoms with E-state index in [1.165, 1.54) is 85.1 Å². The van der Waals surface area contributed by atoms with Gasteiger partial charge in [0, 0.05) is 45.2 Å². The smallest absolute Gasteiger partial charge is 0.405 e. The molecule has 0 spiro atoms. The van der Waals surface area contributed by atoms with Crippen LogP contribution < -0.4 is 24.7 Å². The largest absolute Gasteiger partial charge is 0.573 e. The maximum Gasteiger partial charge on any atom is 0.573 e. The zero-order valence-corrected chi connectivity index (χ0v) is 42.0. The fourth-order valence-corrected chi connectivity index (χ4v) is 8.71. The van der Waals surface area contributed by atoms with Gasteiger partial charge in [-0.25, -0.2) is 9.97 Å². The van der Waals surface area contributed by atoms with Crippen LogP contribution in [0, 0.1) is 0 Å². The molecule has 2 aliphatic rings. The Kier molecular flexibility index (Phi) is 20.8. The van der Waals surface area contributed by atoms with E-state index in [-0.39, 0.29) is 103 Å². The van der Waals surface area contributed by atoms with Gasteiger partial charge in [-0.3, -0.25) is 34.2 Å². The summed E-state index contributed by atoms with van der Waals surface area (Å²) in [6, 6.07) is 38.7. The maximum atomic E-state index is 12.7. The van der Waals surface area contributed by atoms with E-state index in [2.05, 4.69) is 24.2 Å². The molecular weight excluding hydrogens is 1150 g/mol. The zero-order chi connectivity index (χ0) is 57.7. The third-order valence-electron chi connectivity index (χ3n) is 11.7. The summed E-state index contributed by atoms with van der Waals surface area (Å²) >= 11 is 12.2. The second kappa shape index (κ2) is 26.7. The summed E-state index contributed by atoms with van der Waals surface area (Å²) in [4.78, 5) is 60.1. The first-order chi connectivity index (χ1) is 37.9. The van der Waals surface area contributed by atoms with Crippen LogP contribution in [0.3, 0.4) is 0 Å². The van der Waals surface area contributed by atoms with E-state index in [9.17, 15) is 63.9 Å². The molecular formula is C58H48Cl2F9N6O8+. The van der Waals surface area contributed by atoms with E-state index >= 15 is 0 Å². The molecule has 10 rings (SSSR count). The Morgan fingerprint density at radius 2 is 0.759 bits per heavy atom. The van der Waals surface area contributed by atoms with Crippen LogP contribution in [0.15, 0.2) is 164 Å². The maximum absolute atomic E-state index is 12.7. The predicted molar refractivity (Wildman–Crippen MR) is 288 cm³/mol. The number of hydrogen-bond donors (Lipinski definition) is 2. The molecule has 83 heavy (non-hydrogen) atoms. The molecule has 0 atom stereocenters. The molecule has 3 aromatic heterocycles. The van der Waals surface area contributed by atoms with E-state index in [0.29, 0.717) is 32.8 Å². The number of benzene rings is 5. The molecule has 3 N–H and O–H groups in total. The van der Waals surface area contributed by atoms with Crippen LogP contribution in [0.4, 0.5) is 39.5 Å². The topological polar surface area (TPSA) is 178 Å². The molecule has 2 aliphatic heterocycles. The normalized spacial score (nSPS) is 12.5. The lowest BCUT2D eigenvalue weighted by Gasteiger charge is -2.16. The molecule has 0 radical (unpaired) electrons. The van der Waals surface area contributed by atoms with Crippen molar-refractivity contribution in [3.63, 3.8) is 0 Å². The SMILES string of the molecule is C.C.C.NCc1ccc(-c2ccccc2OC(F)(F)F)c(Cl)n1.O=C1c2ccccc2C(=O)N1Cc1ccc(-c2ccccc2OC(F)(F)F)c(Cl)n1.O=C1c2ccccc2C(=O)N1Cc1ccc(-c2ccccc2OC(F)(F)F)c[n+]1O. The Bertz CT molecular complexity index is 3610. The van der Waals surface area contributed by atoms with Crippen LogP contribution in [-0.4, -0.2) is 67.7 Å². The number of amides is 4. The number of hydrogen-bond acceptors (Lipinski definition) is 11.